The predicted molar refractivity (Wildman–Crippen MR) is 157 cm³/mol. The number of ether oxygens (including phenoxy) is 7. The monoisotopic (exact) mass is 664 g/mol. The average molecular weight is 665 g/mol. The van der Waals surface area contributed by atoms with E-state index >= 15 is 0 Å². The van der Waals surface area contributed by atoms with Gasteiger partial charge in [-0.15, -0.1) is 0 Å². The van der Waals surface area contributed by atoms with Gasteiger partial charge in [0, 0.05) is 19.3 Å². The highest BCUT2D eigenvalue weighted by atomic mass is 16.8. The lowest BCUT2D eigenvalue weighted by molar-refractivity contribution is -0.384. The fourth-order valence-electron chi connectivity index (χ4n) is 4.88. The Hall–Kier alpha value is -2.40. The average Bonchev–Trinajstić information content (AvgIpc) is 3.18. The van der Waals surface area contributed by atoms with E-state index in [1.54, 1.807) is 41.5 Å². The summed E-state index contributed by atoms with van der Waals surface area (Å²) in [4.78, 5) is 50.8. The predicted octanol–water partition coefficient (Wildman–Crippen LogP) is 0.602. The Morgan fingerprint density at radius 1 is 0.717 bits per heavy atom. The van der Waals surface area contributed by atoms with Crippen molar-refractivity contribution in [3.8, 4) is 0 Å². The molecule has 0 radical (unpaired) electrons. The maximum Gasteiger partial charge on any atom is 0.308 e. The molecule has 15 heteroatoms. The molecule has 0 amide bonds. The van der Waals surface area contributed by atoms with Crippen LogP contribution in [0.3, 0.4) is 0 Å². The summed E-state index contributed by atoms with van der Waals surface area (Å²) in [5.41, 5.74) is 0. The van der Waals surface area contributed by atoms with Gasteiger partial charge in [-0.25, -0.2) is 0 Å². The molecule has 2 rings (SSSR count). The number of carbonyl (C=O) groups is 4. The van der Waals surface area contributed by atoms with E-state index in [2.05, 4.69) is 0 Å². The molecule has 2 aliphatic rings. The molecule has 0 bridgehead atoms. The minimum atomic E-state index is -2.42. The summed E-state index contributed by atoms with van der Waals surface area (Å²) in [6.07, 6.45) is -12.9. The highest BCUT2D eigenvalue weighted by Gasteiger charge is 2.61. The van der Waals surface area contributed by atoms with Crippen molar-refractivity contribution < 1.29 is 72.8 Å². The second kappa shape index (κ2) is 17.7. The summed E-state index contributed by atoms with van der Waals surface area (Å²) >= 11 is 0. The van der Waals surface area contributed by atoms with Gasteiger partial charge in [0.1, 0.15) is 37.6 Å². The Bertz CT molecular complexity index is 1010. The molecule has 9 atom stereocenters. The van der Waals surface area contributed by atoms with Gasteiger partial charge in [0.15, 0.2) is 18.3 Å². The summed E-state index contributed by atoms with van der Waals surface area (Å²) < 4.78 is 39.8. The number of aliphatic hydroxyl groups is 4. The molecule has 0 aromatic carbocycles. The summed E-state index contributed by atoms with van der Waals surface area (Å²) in [6.45, 7) is 11.5. The van der Waals surface area contributed by atoms with Crippen molar-refractivity contribution in [2.24, 2.45) is 23.7 Å². The van der Waals surface area contributed by atoms with Crippen molar-refractivity contribution in [1.82, 2.24) is 0 Å². The van der Waals surface area contributed by atoms with Crippen molar-refractivity contribution in [2.75, 3.05) is 19.8 Å². The molecule has 2 fully saturated rings. The number of esters is 4. The SMILES string of the molecule is CC(C)CC(=O)OCC1OC(CO)(OC2OC(CO)C(OC(=O)CC(C)C)C(OC(=O)CC(C)C)C2OC(=O)C(C)C)C(O)C1O. The largest absolute Gasteiger partial charge is 0.463 e. The first-order chi connectivity index (χ1) is 21.4. The normalized spacial score (nSPS) is 31.4. The van der Waals surface area contributed by atoms with Crippen LogP contribution in [0.1, 0.15) is 74.7 Å². The first kappa shape index (κ1) is 39.8. The smallest absolute Gasteiger partial charge is 0.308 e. The van der Waals surface area contributed by atoms with Crippen LogP contribution >= 0.6 is 0 Å². The summed E-state index contributed by atoms with van der Waals surface area (Å²) in [5.74, 6) is -6.16. The second-order valence-electron chi connectivity index (χ2n) is 13.3. The Balaban J connectivity index is 2.51. The molecule has 15 nitrogen and oxygen atoms in total. The molecular formula is C31H52O15. The van der Waals surface area contributed by atoms with Crippen LogP contribution in [-0.2, 0) is 52.3 Å². The molecule has 266 valence electrons. The van der Waals surface area contributed by atoms with E-state index < -0.39 is 104 Å². The summed E-state index contributed by atoms with van der Waals surface area (Å²) in [7, 11) is 0. The standard InChI is InChI=1S/C31H52O15/c1-15(2)9-21(34)40-13-20-24(37)28(38)31(14-33,45-20)46-30-27(44-29(39)18(7)8)26(43-23(36)11-17(5)6)25(19(12-32)41-30)42-22(35)10-16(3)4/h15-20,24-28,30,32-33,37-38H,9-14H2,1-8H3. The lowest BCUT2D eigenvalue weighted by Crippen LogP contribution is -2.65. The first-order valence-corrected chi connectivity index (χ1v) is 15.8. The lowest BCUT2D eigenvalue weighted by atomic mass is 9.97. The lowest BCUT2D eigenvalue weighted by Gasteiger charge is -2.46. The van der Waals surface area contributed by atoms with Crippen molar-refractivity contribution in [2.45, 2.75) is 129 Å². The van der Waals surface area contributed by atoms with Crippen LogP contribution in [0.4, 0.5) is 0 Å². The Kier molecular flexibility index (Phi) is 15.3. The van der Waals surface area contributed by atoms with Gasteiger partial charge in [0.05, 0.1) is 12.5 Å². The van der Waals surface area contributed by atoms with Crippen LogP contribution in [0.25, 0.3) is 0 Å². The molecule has 46 heavy (non-hydrogen) atoms. The second-order valence-corrected chi connectivity index (χ2v) is 13.3. The fraction of sp³-hybridized carbons (Fsp3) is 0.871. The number of carbonyl (C=O) groups excluding carboxylic acids is 4. The van der Waals surface area contributed by atoms with Crippen molar-refractivity contribution in [1.29, 1.82) is 0 Å². The minimum Gasteiger partial charge on any atom is -0.463 e. The van der Waals surface area contributed by atoms with Gasteiger partial charge in [-0.1, -0.05) is 55.4 Å². The first-order valence-electron chi connectivity index (χ1n) is 15.8. The van der Waals surface area contributed by atoms with Crippen molar-refractivity contribution in [3.63, 3.8) is 0 Å². The van der Waals surface area contributed by atoms with Gasteiger partial charge >= 0.3 is 23.9 Å². The molecule has 4 N–H and O–H groups in total. The Morgan fingerprint density at radius 3 is 1.72 bits per heavy atom. The number of hydrogen-bond acceptors (Lipinski definition) is 15. The Morgan fingerprint density at radius 2 is 1.24 bits per heavy atom. The third-order valence-electron chi connectivity index (χ3n) is 7.21. The number of hydrogen-bond donors (Lipinski definition) is 4. The molecule has 2 saturated heterocycles. The molecule has 9 unspecified atom stereocenters. The van der Waals surface area contributed by atoms with Gasteiger partial charge in [0.2, 0.25) is 12.1 Å². The molecule has 0 saturated carbocycles. The van der Waals surface area contributed by atoms with Crippen molar-refractivity contribution >= 4 is 23.9 Å². The Labute approximate surface area is 269 Å². The molecule has 2 heterocycles. The van der Waals surface area contributed by atoms with E-state index in [4.69, 9.17) is 33.2 Å². The van der Waals surface area contributed by atoms with Gasteiger partial charge < -0.3 is 53.6 Å². The van der Waals surface area contributed by atoms with E-state index in [0.717, 1.165) is 0 Å². The molecule has 0 spiro atoms. The van der Waals surface area contributed by atoms with Crippen LogP contribution in [0.15, 0.2) is 0 Å². The molecule has 0 aromatic heterocycles. The minimum absolute atomic E-state index is 0.00293. The van der Waals surface area contributed by atoms with Crippen LogP contribution in [0.5, 0.6) is 0 Å². The quantitative estimate of drug-likeness (QED) is 0.131. The van der Waals surface area contributed by atoms with Gasteiger partial charge in [-0.2, -0.15) is 0 Å². The van der Waals surface area contributed by atoms with E-state index in [1.165, 1.54) is 0 Å². The highest BCUT2D eigenvalue weighted by Crippen LogP contribution is 2.38. The fourth-order valence-corrected chi connectivity index (χ4v) is 4.88. The zero-order valence-corrected chi connectivity index (χ0v) is 28.0. The van der Waals surface area contributed by atoms with Crippen LogP contribution < -0.4 is 0 Å². The van der Waals surface area contributed by atoms with E-state index in [0.29, 0.717) is 0 Å². The van der Waals surface area contributed by atoms with Gasteiger partial charge in [0.25, 0.3) is 0 Å². The molecular weight excluding hydrogens is 612 g/mol. The maximum absolute atomic E-state index is 13.0. The zero-order valence-electron chi connectivity index (χ0n) is 28.0. The van der Waals surface area contributed by atoms with Crippen LogP contribution in [0, 0.1) is 23.7 Å². The van der Waals surface area contributed by atoms with E-state index in [1.807, 2.05) is 13.8 Å². The van der Waals surface area contributed by atoms with E-state index in [-0.39, 0.29) is 37.0 Å². The number of rotatable bonds is 16. The zero-order chi connectivity index (χ0) is 34.9. The summed E-state index contributed by atoms with van der Waals surface area (Å²) in [5, 5.41) is 42.4. The number of aliphatic hydroxyl groups excluding tert-OH is 4. The van der Waals surface area contributed by atoms with Gasteiger partial charge in [-0.05, 0) is 17.8 Å². The third kappa shape index (κ3) is 10.8. The third-order valence-corrected chi connectivity index (χ3v) is 7.21. The molecule has 0 aromatic rings. The molecule has 2 aliphatic heterocycles. The maximum atomic E-state index is 13.0. The van der Waals surface area contributed by atoms with Gasteiger partial charge in [-0.3, -0.25) is 19.2 Å². The van der Waals surface area contributed by atoms with E-state index in [9.17, 15) is 39.6 Å². The highest BCUT2D eigenvalue weighted by molar-refractivity contribution is 5.73. The summed E-state index contributed by atoms with van der Waals surface area (Å²) in [6, 6.07) is 0. The van der Waals surface area contributed by atoms with Crippen molar-refractivity contribution in [3.05, 3.63) is 0 Å². The molecule has 0 aliphatic carbocycles. The topological polar surface area (TPSA) is 214 Å². The van der Waals surface area contributed by atoms with Crippen LogP contribution in [-0.4, -0.2) is 119 Å². The van der Waals surface area contributed by atoms with Crippen LogP contribution in [0.2, 0.25) is 0 Å².